The third-order valence-electron chi connectivity index (χ3n) is 6.02. The lowest BCUT2D eigenvalue weighted by Gasteiger charge is -2.22. The Bertz CT molecular complexity index is 1160. The van der Waals surface area contributed by atoms with E-state index in [1.165, 1.54) is 18.6 Å². The van der Waals surface area contributed by atoms with Gasteiger partial charge in [0.1, 0.15) is 17.3 Å². The van der Waals surface area contributed by atoms with Crippen LogP contribution in [-0.4, -0.2) is 55.7 Å². The molecule has 9 heteroatoms. The highest BCUT2D eigenvalue weighted by molar-refractivity contribution is 5.92. The van der Waals surface area contributed by atoms with Gasteiger partial charge in [-0.1, -0.05) is 0 Å². The van der Waals surface area contributed by atoms with Gasteiger partial charge in [0.2, 0.25) is 0 Å². The van der Waals surface area contributed by atoms with Crippen molar-refractivity contribution in [2.24, 2.45) is 0 Å². The van der Waals surface area contributed by atoms with Gasteiger partial charge in [0.25, 0.3) is 11.5 Å². The lowest BCUT2D eigenvalue weighted by atomic mass is 9.85. The van der Waals surface area contributed by atoms with Gasteiger partial charge in [-0.05, 0) is 37.1 Å². The molecule has 2 aliphatic heterocycles. The summed E-state index contributed by atoms with van der Waals surface area (Å²) in [5.41, 5.74) is 0.855. The molecule has 1 aromatic carbocycles. The van der Waals surface area contributed by atoms with Crippen LogP contribution in [0.2, 0.25) is 0 Å². The van der Waals surface area contributed by atoms with E-state index >= 15 is 0 Å². The Morgan fingerprint density at radius 2 is 1.90 bits per heavy atom. The number of rotatable bonds is 3. The van der Waals surface area contributed by atoms with Gasteiger partial charge in [0, 0.05) is 37.6 Å². The molecule has 9 nitrogen and oxygen atoms in total. The van der Waals surface area contributed by atoms with Crippen molar-refractivity contribution in [3.05, 3.63) is 64.7 Å². The second-order valence-electron chi connectivity index (χ2n) is 7.66. The number of hydrogen-bond acceptors (Lipinski definition) is 7. The van der Waals surface area contributed by atoms with E-state index in [2.05, 4.69) is 20.2 Å². The number of nitrogens with zero attached hydrogens (tertiary/aromatic N) is 6. The average Bonchev–Trinajstić information content (AvgIpc) is 3.39. The smallest absolute Gasteiger partial charge is 0.280 e. The van der Waals surface area contributed by atoms with E-state index in [0.29, 0.717) is 48.2 Å². The van der Waals surface area contributed by atoms with Crippen molar-refractivity contribution in [3.8, 4) is 17.0 Å². The molecule has 1 spiro atoms. The number of ether oxygens (including phenoxy) is 1. The number of amides is 1. The molecular weight excluding hydrogens is 384 g/mol. The van der Waals surface area contributed by atoms with E-state index in [1.54, 1.807) is 40.8 Å². The van der Waals surface area contributed by atoms with E-state index in [0.717, 1.165) is 12.8 Å². The zero-order chi connectivity index (χ0) is 20.7. The minimum absolute atomic E-state index is 0.149. The minimum atomic E-state index is -0.345. The minimum Gasteiger partial charge on any atom is -0.497 e. The number of aromatic nitrogens is 5. The maximum Gasteiger partial charge on any atom is 0.280 e. The predicted molar refractivity (Wildman–Crippen MR) is 107 cm³/mol. The quantitative estimate of drug-likeness (QED) is 0.648. The second-order valence-corrected chi connectivity index (χ2v) is 7.66. The molecule has 2 aliphatic rings. The van der Waals surface area contributed by atoms with Crippen LogP contribution >= 0.6 is 0 Å². The average molecular weight is 404 g/mol. The molecule has 0 bridgehead atoms. The second kappa shape index (κ2) is 7.01. The molecule has 1 saturated heterocycles. The number of hydrogen-bond donors (Lipinski definition) is 0. The molecule has 1 atom stereocenters. The van der Waals surface area contributed by atoms with Gasteiger partial charge in [-0.2, -0.15) is 0 Å². The first-order chi connectivity index (χ1) is 14.6. The van der Waals surface area contributed by atoms with Crippen molar-refractivity contribution in [2.45, 2.75) is 24.8 Å². The standard InChI is InChI=1S/C21H20N6O3/c1-30-15-4-2-14(3-5-15)17-19(29)27-11-7-21(20(27)25-24-17)6-10-26(13-21)18(28)16-12-22-8-9-23-16/h2-5,8-9,12H,6-7,10-11,13H2,1H3. The molecule has 0 saturated carbocycles. The molecule has 0 radical (unpaired) electrons. The maximum absolute atomic E-state index is 13.1. The summed E-state index contributed by atoms with van der Waals surface area (Å²) >= 11 is 0. The maximum atomic E-state index is 13.1. The normalized spacial score (nSPS) is 19.8. The summed E-state index contributed by atoms with van der Waals surface area (Å²) in [7, 11) is 1.60. The molecular formula is C21H20N6O3. The summed E-state index contributed by atoms with van der Waals surface area (Å²) < 4.78 is 6.89. The number of fused-ring (bicyclic) bond motifs is 2. The third-order valence-corrected chi connectivity index (χ3v) is 6.02. The first-order valence-electron chi connectivity index (χ1n) is 9.79. The highest BCUT2D eigenvalue weighted by Crippen LogP contribution is 2.41. The predicted octanol–water partition coefficient (Wildman–Crippen LogP) is 1.29. The molecule has 2 aromatic heterocycles. The van der Waals surface area contributed by atoms with Gasteiger partial charge in [-0.25, -0.2) is 4.98 Å². The number of methoxy groups -OCH3 is 1. The van der Waals surface area contributed by atoms with E-state index in [4.69, 9.17) is 4.74 Å². The molecule has 1 fully saturated rings. The van der Waals surface area contributed by atoms with Crippen LogP contribution in [0.1, 0.15) is 29.2 Å². The molecule has 30 heavy (non-hydrogen) atoms. The van der Waals surface area contributed by atoms with Gasteiger partial charge in [0.05, 0.1) is 18.7 Å². The van der Waals surface area contributed by atoms with Crippen molar-refractivity contribution in [3.63, 3.8) is 0 Å². The Labute approximate surface area is 172 Å². The highest BCUT2D eigenvalue weighted by Gasteiger charge is 2.48. The van der Waals surface area contributed by atoms with Crippen molar-refractivity contribution in [1.29, 1.82) is 0 Å². The topological polar surface area (TPSA) is 103 Å². The Kier molecular flexibility index (Phi) is 4.30. The van der Waals surface area contributed by atoms with Crippen LogP contribution in [0.5, 0.6) is 5.75 Å². The highest BCUT2D eigenvalue weighted by atomic mass is 16.5. The van der Waals surface area contributed by atoms with Crippen LogP contribution in [0.3, 0.4) is 0 Å². The Hall–Kier alpha value is -3.62. The van der Waals surface area contributed by atoms with E-state index in [1.807, 2.05) is 0 Å². The van der Waals surface area contributed by atoms with Crippen molar-refractivity contribution in [1.82, 2.24) is 29.6 Å². The van der Waals surface area contributed by atoms with Gasteiger partial charge in [-0.15, -0.1) is 10.2 Å². The van der Waals surface area contributed by atoms with Crippen molar-refractivity contribution < 1.29 is 9.53 Å². The monoisotopic (exact) mass is 404 g/mol. The molecule has 0 aliphatic carbocycles. The van der Waals surface area contributed by atoms with Gasteiger partial charge in [-0.3, -0.25) is 19.1 Å². The van der Waals surface area contributed by atoms with Gasteiger partial charge >= 0.3 is 0 Å². The van der Waals surface area contributed by atoms with Crippen LogP contribution in [0.25, 0.3) is 11.3 Å². The summed E-state index contributed by atoms with van der Waals surface area (Å²) in [5.74, 6) is 1.23. The van der Waals surface area contributed by atoms with Crippen LogP contribution in [0.4, 0.5) is 0 Å². The summed E-state index contributed by atoms with van der Waals surface area (Å²) in [6.07, 6.45) is 6.02. The SMILES string of the molecule is COc1ccc(-c2nnc3n(c2=O)CCC32CCN(C(=O)c3cnccn3)C2)cc1. The Balaban J connectivity index is 1.44. The Morgan fingerprint density at radius 1 is 1.10 bits per heavy atom. The number of carbonyl (C=O) groups is 1. The molecule has 152 valence electrons. The molecule has 4 heterocycles. The van der Waals surface area contributed by atoms with E-state index < -0.39 is 0 Å². The lowest BCUT2D eigenvalue weighted by molar-refractivity contribution is 0.0776. The number of benzene rings is 1. The van der Waals surface area contributed by atoms with E-state index in [-0.39, 0.29) is 16.9 Å². The fourth-order valence-corrected chi connectivity index (χ4v) is 4.39. The summed E-state index contributed by atoms with van der Waals surface area (Å²) in [6.45, 7) is 1.66. The van der Waals surface area contributed by atoms with Crippen LogP contribution < -0.4 is 10.3 Å². The number of carbonyl (C=O) groups excluding carboxylic acids is 1. The van der Waals surface area contributed by atoms with Gasteiger partial charge in [0.15, 0.2) is 5.69 Å². The number of likely N-dealkylation sites (tertiary alicyclic amines) is 1. The summed E-state index contributed by atoms with van der Waals surface area (Å²) in [6, 6.07) is 7.20. The Morgan fingerprint density at radius 3 is 2.63 bits per heavy atom. The molecule has 0 N–H and O–H groups in total. The third kappa shape index (κ3) is 2.85. The molecule has 5 rings (SSSR count). The fraction of sp³-hybridized carbons (Fsp3) is 0.333. The molecule has 3 aromatic rings. The summed E-state index contributed by atoms with van der Waals surface area (Å²) in [4.78, 5) is 35.7. The zero-order valence-corrected chi connectivity index (χ0v) is 16.5. The molecule has 1 unspecified atom stereocenters. The van der Waals surface area contributed by atoms with Crippen LogP contribution in [0.15, 0.2) is 47.7 Å². The fourth-order valence-electron chi connectivity index (χ4n) is 4.39. The largest absolute Gasteiger partial charge is 0.497 e. The van der Waals surface area contributed by atoms with Crippen LogP contribution in [-0.2, 0) is 12.0 Å². The zero-order valence-electron chi connectivity index (χ0n) is 16.5. The van der Waals surface area contributed by atoms with Crippen LogP contribution in [0, 0.1) is 0 Å². The van der Waals surface area contributed by atoms with E-state index in [9.17, 15) is 9.59 Å². The van der Waals surface area contributed by atoms with Crippen molar-refractivity contribution >= 4 is 5.91 Å². The lowest BCUT2D eigenvalue weighted by Crippen LogP contribution is -2.35. The van der Waals surface area contributed by atoms with Gasteiger partial charge < -0.3 is 9.64 Å². The first kappa shape index (κ1) is 18.4. The van der Waals surface area contributed by atoms with Crippen molar-refractivity contribution in [2.75, 3.05) is 20.2 Å². The first-order valence-corrected chi connectivity index (χ1v) is 9.79. The molecule has 1 amide bonds. The summed E-state index contributed by atoms with van der Waals surface area (Å²) in [5, 5.41) is 8.73.